The summed E-state index contributed by atoms with van der Waals surface area (Å²) in [6, 6.07) is 5.99. The first-order valence-corrected chi connectivity index (χ1v) is 14.4. The van der Waals surface area contributed by atoms with Gasteiger partial charge in [0.1, 0.15) is 16.5 Å². The summed E-state index contributed by atoms with van der Waals surface area (Å²) in [5.74, 6) is -6.41. The molecule has 5 N–H and O–H groups in total. The molecule has 0 saturated carbocycles. The predicted octanol–water partition coefficient (Wildman–Crippen LogP) is 4.82. The number of hydrogen-bond donors (Lipinski definition) is 4. The van der Waals surface area contributed by atoms with E-state index >= 15 is 0 Å². The fourth-order valence-corrected chi connectivity index (χ4v) is 4.90. The molecular weight excluding hydrogens is 706 g/mol. The summed E-state index contributed by atoms with van der Waals surface area (Å²) < 4.78 is 79.8. The number of alkyl halides is 6. The molecule has 3 heterocycles. The van der Waals surface area contributed by atoms with Crippen molar-refractivity contribution in [1.29, 1.82) is 0 Å². The molecule has 2 aromatic heterocycles. The molecule has 0 atom stereocenters. The molecule has 0 aliphatic carbocycles. The molecule has 11 nitrogen and oxygen atoms in total. The van der Waals surface area contributed by atoms with Gasteiger partial charge in [-0.15, -0.1) is 0 Å². The number of carboxylic acids is 2. The third kappa shape index (κ3) is 11.7. The van der Waals surface area contributed by atoms with E-state index in [-0.39, 0.29) is 32.7 Å². The summed E-state index contributed by atoms with van der Waals surface area (Å²) in [5, 5.41) is 14.7. The number of benzene rings is 1. The van der Waals surface area contributed by atoms with Gasteiger partial charge in [-0.25, -0.2) is 14.0 Å². The first kappa shape index (κ1) is 40.3. The molecule has 0 unspecified atom stereocenters. The monoisotopic (exact) mass is 735 g/mol. The molecule has 0 radical (unpaired) electrons. The van der Waals surface area contributed by atoms with Gasteiger partial charge in [-0.05, 0) is 50.6 Å². The quantitative estimate of drug-likeness (QED) is 0.272. The normalized spacial score (nSPS) is 14.4. The van der Waals surface area contributed by atoms with E-state index in [0.29, 0.717) is 42.8 Å². The number of nitrogens with two attached hydrogens (primary N) is 1. The molecule has 1 aliphatic rings. The van der Waals surface area contributed by atoms with E-state index in [0.717, 1.165) is 19.5 Å². The van der Waals surface area contributed by atoms with Crippen molar-refractivity contribution in [3.8, 4) is 0 Å². The first-order valence-electron chi connectivity index (χ1n) is 13.7. The SMILES string of the molecule is CC(C)(N)CN1CCCN(C(=O)c2cc(Cc3c[nH]c(=O)c4cc(Cl)c(Cl)n34)ccc2F)CC1.O=C(O)C(F)(F)F.O=C(O)C(F)(F)F. The van der Waals surface area contributed by atoms with Crippen molar-refractivity contribution in [2.45, 2.75) is 44.6 Å². The summed E-state index contributed by atoms with van der Waals surface area (Å²) in [5.41, 5.74) is 7.23. The van der Waals surface area contributed by atoms with Crippen LogP contribution in [0.25, 0.3) is 5.52 Å². The van der Waals surface area contributed by atoms with Crippen molar-refractivity contribution in [2.75, 3.05) is 32.7 Å². The number of carboxylic acid groups (broad SMARTS) is 2. The van der Waals surface area contributed by atoms with Crippen LogP contribution in [0, 0.1) is 5.82 Å². The Balaban J connectivity index is 0.000000479. The summed E-state index contributed by atoms with van der Waals surface area (Å²) >= 11 is 12.4. The van der Waals surface area contributed by atoms with Crippen molar-refractivity contribution in [3.63, 3.8) is 0 Å². The van der Waals surface area contributed by atoms with Crippen LogP contribution >= 0.6 is 23.2 Å². The Labute approximate surface area is 277 Å². The number of aliphatic carboxylic acids is 2. The Bertz CT molecular complexity index is 1660. The highest BCUT2D eigenvalue weighted by Gasteiger charge is 2.39. The van der Waals surface area contributed by atoms with Gasteiger partial charge in [0.2, 0.25) is 0 Å². The third-order valence-corrected chi connectivity index (χ3v) is 7.18. The van der Waals surface area contributed by atoms with Gasteiger partial charge in [-0.1, -0.05) is 29.3 Å². The van der Waals surface area contributed by atoms with Gasteiger partial charge in [-0.2, -0.15) is 26.3 Å². The molecule has 1 saturated heterocycles. The lowest BCUT2D eigenvalue weighted by molar-refractivity contribution is -0.193. The Morgan fingerprint density at radius 1 is 0.938 bits per heavy atom. The number of fused-ring (bicyclic) bond motifs is 1. The van der Waals surface area contributed by atoms with Crippen molar-refractivity contribution < 1.29 is 55.3 Å². The minimum absolute atomic E-state index is 0.0300. The largest absolute Gasteiger partial charge is 0.490 e. The fourth-order valence-electron chi connectivity index (χ4n) is 4.46. The summed E-state index contributed by atoms with van der Waals surface area (Å²) in [6.45, 7) is 7.29. The van der Waals surface area contributed by atoms with E-state index in [1.165, 1.54) is 12.1 Å². The number of halogens is 9. The van der Waals surface area contributed by atoms with Crippen LogP contribution in [-0.2, 0) is 16.0 Å². The molecule has 1 amide bonds. The minimum atomic E-state index is -5.08. The number of rotatable bonds is 5. The average molecular weight is 736 g/mol. The number of aromatic nitrogens is 2. The standard InChI is InChI=1S/C24H28Cl2FN5O2.2C2HF3O2/c1-24(2,28)14-30-6-3-7-31(9-8-30)23(34)17-11-15(4-5-19(17)27)10-16-13-29-22(33)20-12-18(25)21(26)32(16)20;2*3-2(4,5)1(6)7/h4-5,11-13H,3,6-10,14,28H2,1-2H3,(H,29,33);2*(H,6,7). The Morgan fingerprint density at radius 2 is 1.50 bits per heavy atom. The third-order valence-electron chi connectivity index (χ3n) is 6.43. The van der Waals surface area contributed by atoms with E-state index in [9.17, 15) is 40.3 Å². The van der Waals surface area contributed by atoms with Crippen LogP contribution in [0.4, 0.5) is 30.7 Å². The van der Waals surface area contributed by atoms with E-state index in [2.05, 4.69) is 9.88 Å². The second kappa shape index (κ2) is 16.0. The van der Waals surface area contributed by atoms with Crippen LogP contribution in [0.5, 0.6) is 0 Å². The van der Waals surface area contributed by atoms with Crippen molar-refractivity contribution in [1.82, 2.24) is 19.2 Å². The van der Waals surface area contributed by atoms with E-state index < -0.39 is 30.1 Å². The Morgan fingerprint density at radius 3 is 2.02 bits per heavy atom. The van der Waals surface area contributed by atoms with Gasteiger partial charge < -0.3 is 25.8 Å². The number of carbonyl (C=O) groups is 3. The lowest BCUT2D eigenvalue weighted by Gasteiger charge is -2.28. The van der Waals surface area contributed by atoms with Crippen LogP contribution in [-0.4, -0.2) is 97.9 Å². The van der Waals surface area contributed by atoms with E-state index in [1.54, 1.807) is 27.6 Å². The predicted molar refractivity (Wildman–Crippen MR) is 160 cm³/mol. The first-order chi connectivity index (χ1) is 21.9. The van der Waals surface area contributed by atoms with Crippen LogP contribution in [0.15, 0.2) is 35.3 Å². The smallest absolute Gasteiger partial charge is 0.475 e. The summed E-state index contributed by atoms with van der Waals surface area (Å²) in [4.78, 5) is 49.8. The zero-order chi connectivity index (χ0) is 36.8. The highest BCUT2D eigenvalue weighted by molar-refractivity contribution is 6.42. The highest BCUT2D eigenvalue weighted by atomic mass is 35.5. The number of nitrogens with zero attached hydrogens (tertiary/aromatic N) is 3. The molecule has 3 aromatic rings. The molecule has 4 rings (SSSR count). The summed E-state index contributed by atoms with van der Waals surface area (Å²) in [6.07, 6.45) is -7.51. The maximum Gasteiger partial charge on any atom is 0.490 e. The van der Waals surface area contributed by atoms with Gasteiger partial charge >= 0.3 is 24.3 Å². The van der Waals surface area contributed by atoms with Crippen LogP contribution in [0.3, 0.4) is 0 Å². The van der Waals surface area contributed by atoms with Crippen LogP contribution in [0.2, 0.25) is 10.2 Å². The van der Waals surface area contributed by atoms with Crippen LogP contribution in [0.1, 0.15) is 41.9 Å². The fraction of sp³-hybridized carbons (Fsp3) is 0.429. The van der Waals surface area contributed by atoms with Gasteiger partial charge in [-0.3, -0.25) is 18.9 Å². The maximum absolute atomic E-state index is 14.7. The molecule has 1 aliphatic heterocycles. The molecule has 1 fully saturated rings. The second-order valence-corrected chi connectivity index (χ2v) is 11.9. The zero-order valence-corrected chi connectivity index (χ0v) is 26.7. The number of hydrogen-bond acceptors (Lipinski definition) is 6. The average Bonchev–Trinajstić information content (AvgIpc) is 3.10. The molecular formula is C28H30Cl2F7N5O6. The second-order valence-electron chi connectivity index (χ2n) is 11.1. The van der Waals surface area contributed by atoms with Gasteiger partial charge in [0.05, 0.1) is 10.6 Å². The summed E-state index contributed by atoms with van der Waals surface area (Å²) in [7, 11) is 0. The highest BCUT2D eigenvalue weighted by Crippen LogP contribution is 2.27. The number of carbonyl (C=O) groups excluding carboxylic acids is 1. The minimum Gasteiger partial charge on any atom is -0.475 e. The zero-order valence-electron chi connectivity index (χ0n) is 25.2. The van der Waals surface area contributed by atoms with E-state index in [1.807, 2.05) is 13.8 Å². The maximum atomic E-state index is 14.7. The van der Waals surface area contributed by atoms with Gasteiger partial charge in [0, 0.05) is 50.0 Å². The van der Waals surface area contributed by atoms with Crippen molar-refractivity contribution in [2.24, 2.45) is 5.73 Å². The molecule has 20 heteroatoms. The Hall–Kier alpha value is -3.87. The molecule has 0 spiro atoms. The lowest BCUT2D eigenvalue weighted by Crippen LogP contribution is -2.46. The number of amides is 1. The number of aromatic amines is 1. The molecule has 0 bridgehead atoms. The number of nitrogens with one attached hydrogen (secondary N) is 1. The van der Waals surface area contributed by atoms with Crippen LogP contribution < -0.4 is 11.3 Å². The lowest BCUT2D eigenvalue weighted by atomic mass is 10.0. The van der Waals surface area contributed by atoms with Crippen molar-refractivity contribution in [3.05, 3.63) is 73.6 Å². The Kier molecular flexibility index (Phi) is 13.5. The topological polar surface area (TPSA) is 161 Å². The molecule has 266 valence electrons. The van der Waals surface area contributed by atoms with Crippen molar-refractivity contribution >= 4 is 46.6 Å². The molecule has 1 aromatic carbocycles. The molecule has 48 heavy (non-hydrogen) atoms. The number of H-pyrrole nitrogens is 1. The van der Waals surface area contributed by atoms with E-state index in [4.69, 9.17) is 48.7 Å². The van der Waals surface area contributed by atoms with Gasteiger partial charge in [0.25, 0.3) is 11.5 Å². The van der Waals surface area contributed by atoms with Gasteiger partial charge in [0.15, 0.2) is 0 Å².